The summed E-state index contributed by atoms with van der Waals surface area (Å²) in [6, 6.07) is -0.0246. The van der Waals surface area contributed by atoms with Crippen molar-refractivity contribution in [1.29, 1.82) is 0 Å². The van der Waals surface area contributed by atoms with Crippen molar-refractivity contribution in [2.45, 2.75) is 39.0 Å². The molecular weight excluding hydrogens is 220 g/mol. The van der Waals surface area contributed by atoms with Crippen molar-refractivity contribution in [2.75, 3.05) is 33.4 Å². The van der Waals surface area contributed by atoms with Gasteiger partial charge in [-0.2, -0.15) is 0 Å². The Kier molecular flexibility index (Phi) is 6.47. The van der Waals surface area contributed by atoms with Gasteiger partial charge in [0.25, 0.3) is 0 Å². The number of ether oxygens (including phenoxy) is 2. The molecule has 1 rings (SSSR count). The molecule has 1 amide bonds. The molecule has 1 N–H and O–H groups in total. The van der Waals surface area contributed by atoms with Gasteiger partial charge in [0.1, 0.15) is 0 Å². The molecule has 0 aromatic heterocycles. The zero-order valence-electron chi connectivity index (χ0n) is 11.1. The number of carbonyl (C=O) groups excluding carboxylic acids is 1. The van der Waals surface area contributed by atoms with Gasteiger partial charge in [0, 0.05) is 20.3 Å². The van der Waals surface area contributed by atoms with Crippen LogP contribution in [0.25, 0.3) is 0 Å². The van der Waals surface area contributed by atoms with Crippen LogP contribution in [0.5, 0.6) is 0 Å². The lowest BCUT2D eigenvalue weighted by atomic mass is 10.2. The number of likely N-dealkylation sites (N-methyl/N-ethyl adjacent to an activating group) is 1. The van der Waals surface area contributed by atoms with Crippen molar-refractivity contribution in [2.24, 2.45) is 0 Å². The number of nitrogens with one attached hydrogen (secondary N) is 1. The molecule has 1 saturated heterocycles. The van der Waals surface area contributed by atoms with Crippen molar-refractivity contribution in [3.63, 3.8) is 0 Å². The summed E-state index contributed by atoms with van der Waals surface area (Å²) < 4.78 is 11.0. The van der Waals surface area contributed by atoms with E-state index in [1.165, 1.54) is 0 Å². The molecule has 5 heteroatoms. The fourth-order valence-corrected chi connectivity index (χ4v) is 2.22. The molecule has 5 nitrogen and oxygen atoms in total. The van der Waals surface area contributed by atoms with E-state index >= 15 is 0 Å². The van der Waals surface area contributed by atoms with Crippen LogP contribution >= 0.6 is 0 Å². The summed E-state index contributed by atoms with van der Waals surface area (Å²) in [6.07, 6.45) is 1.75. The van der Waals surface area contributed by atoms with E-state index in [0.717, 1.165) is 19.4 Å². The Morgan fingerprint density at radius 2 is 2.06 bits per heavy atom. The van der Waals surface area contributed by atoms with Crippen LogP contribution in [0.4, 0.5) is 0 Å². The van der Waals surface area contributed by atoms with Gasteiger partial charge in [0.05, 0.1) is 12.6 Å². The predicted molar refractivity (Wildman–Crippen MR) is 65.7 cm³/mol. The van der Waals surface area contributed by atoms with Crippen LogP contribution in [-0.4, -0.2) is 56.5 Å². The fourth-order valence-electron chi connectivity index (χ4n) is 2.22. The molecule has 1 fully saturated rings. The number of rotatable bonds is 7. The molecule has 0 aromatic carbocycles. The Bertz CT molecular complexity index is 230. The van der Waals surface area contributed by atoms with Crippen molar-refractivity contribution in [3.8, 4) is 0 Å². The van der Waals surface area contributed by atoms with Crippen LogP contribution < -0.4 is 5.32 Å². The van der Waals surface area contributed by atoms with Gasteiger partial charge in [-0.1, -0.05) is 0 Å². The van der Waals surface area contributed by atoms with Crippen LogP contribution in [0.2, 0.25) is 0 Å². The lowest BCUT2D eigenvalue weighted by Crippen LogP contribution is -2.45. The van der Waals surface area contributed by atoms with Crippen LogP contribution in [0.15, 0.2) is 0 Å². The quantitative estimate of drug-likeness (QED) is 0.666. The molecule has 0 saturated carbocycles. The van der Waals surface area contributed by atoms with Gasteiger partial charge in [-0.05, 0) is 33.2 Å². The summed E-state index contributed by atoms with van der Waals surface area (Å²) in [5, 5.41) is 2.71. The zero-order valence-corrected chi connectivity index (χ0v) is 11.1. The van der Waals surface area contributed by atoms with E-state index in [1.54, 1.807) is 7.05 Å². The number of hydrogen-bond acceptors (Lipinski definition) is 4. The van der Waals surface area contributed by atoms with E-state index in [1.807, 2.05) is 13.8 Å². The lowest BCUT2D eigenvalue weighted by molar-refractivity contribution is -0.151. The first-order valence-corrected chi connectivity index (χ1v) is 6.41. The minimum atomic E-state index is -0.227. The van der Waals surface area contributed by atoms with Crippen LogP contribution in [0, 0.1) is 0 Å². The second-order valence-corrected chi connectivity index (χ2v) is 4.11. The van der Waals surface area contributed by atoms with Crippen molar-refractivity contribution >= 4 is 5.91 Å². The average molecular weight is 244 g/mol. The van der Waals surface area contributed by atoms with E-state index in [9.17, 15) is 4.79 Å². The molecule has 0 aliphatic carbocycles. The maximum Gasteiger partial charge on any atom is 0.237 e. The molecule has 1 aliphatic heterocycles. The molecule has 0 spiro atoms. The molecule has 1 aliphatic rings. The summed E-state index contributed by atoms with van der Waals surface area (Å²) >= 11 is 0. The van der Waals surface area contributed by atoms with Gasteiger partial charge in [-0.3, -0.25) is 9.69 Å². The summed E-state index contributed by atoms with van der Waals surface area (Å²) in [4.78, 5) is 13.8. The molecule has 1 heterocycles. The molecule has 0 radical (unpaired) electrons. The second-order valence-electron chi connectivity index (χ2n) is 4.11. The maximum atomic E-state index is 11.7. The van der Waals surface area contributed by atoms with E-state index in [4.69, 9.17) is 9.47 Å². The molecule has 1 atom stereocenters. The Hall–Kier alpha value is -0.650. The topological polar surface area (TPSA) is 50.8 Å². The Morgan fingerprint density at radius 1 is 1.41 bits per heavy atom. The normalized spacial score (nSPS) is 21.1. The van der Waals surface area contributed by atoms with E-state index in [-0.39, 0.29) is 18.2 Å². The van der Waals surface area contributed by atoms with Crippen LogP contribution in [0.3, 0.4) is 0 Å². The van der Waals surface area contributed by atoms with Gasteiger partial charge in [-0.15, -0.1) is 0 Å². The molecule has 100 valence electrons. The first kappa shape index (κ1) is 14.4. The highest BCUT2D eigenvalue weighted by molar-refractivity contribution is 5.81. The van der Waals surface area contributed by atoms with Crippen molar-refractivity contribution in [1.82, 2.24) is 10.2 Å². The largest absolute Gasteiger partial charge is 0.358 e. The first-order chi connectivity index (χ1) is 8.22. The third kappa shape index (κ3) is 4.26. The number of likely N-dealkylation sites (tertiary alicyclic amines) is 1. The van der Waals surface area contributed by atoms with Crippen LogP contribution in [-0.2, 0) is 14.3 Å². The third-order valence-electron chi connectivity index (χ3n) is 3.00. The fraction of sp³-hybridized carbons (Fsp3) is 0.917. The minimum absolute atomic E-state index is 0.0246. The third-order valence-corrected chi connectivity index (χ3v) is 3.00. The highest BCUT2D eigenvalue weighted by Gasteiger charge is 2.31. The molecular formula is C12H24N2O3. The second kappa shape index (κ2) is 7.63. The van der Waals surface area contributed by atoms with Crippen molar-refractivity contribution < 1.29 is 14.3 Å². The van der Waals surface area contributed by atoms with Crippen LogP contribution in [0.1, 0.15) is 26.7 Å². The highest BCUT2D eigenvalue weighted by Crippen LogP contribution is 2.18. The van der Waals surface area contributed by atoms with Gasteiger partial charge in [-0.25, -0.2) is 0 Å². The summed E-state index contributed by atoms with van der Waals surface area (Å²) in [5.41, 5.74) is 0. The Balaban J connectivity index is 2.49. The SMILES string of the molecule is CCOC(CN1CCCC1C(=O)NC)OCC. The smallest absolute Gasteiger partial charge is 0.237 e. The monoisotopic (exact) mass is 244 g/mol. The summed E-state index contributed by atoms with van der Waals surface area (Å²) in [6.45, 7) is 6.76. The molecule has 0 bridgehead atoms. The Labute approximate surface area is 103 Å². The van der Waals surface area contributed by atoms with Gasteiger partial charge in [0.15, 0.2) is 6.29 Å². The first-order valence-electron chi connectivity index (χ1n) is 6.41. The maximum absolute atomic E-state index is 11.7. The summed E-state index contributed by atoms with van der Waals surface area (Å²) in [5.74, 6) is 0.0919. The standard InChI is InChI=1S/C12H24N2O3/c1-4-16-11(17-5-2)9-14-8-6-7-10(14)12(15)13-3/h10-11H,4-9H2,1-3H3,(H,13,15). The molecule has 17 heavy (non-hydrogen) atoms. The van der Waals surface area contributed by atoms with Gasteiger partial charge < -0.3 is 14.8 Å². The zero-order chi connectivity index (χ0) is 12.7. The average Bonchev–Trinajstić information content (AvgIpc) is 2.77. The predicted octanol–water partition coefficient (Wildman–Crippen LogP) is 0.596. The van der Waals surface area contributed by atoms with Gasteiger partial charge >= 0.3 is 0 Å². The lowest BCUT2D eigenvalue weighted by Gasteiger charge is -2.27. The number of hydrogen-bond donors (Lipinski definition) is 1. The van der Waals surface area contributed by atoms with E-state index < -0.39 is 0 Å². The highest BCUT2D eigenvalue weighted by atomic mass is 16.7. The van der Waals surface area contributed by atoms with Crippen molar-refractivity contribution in [3.05, 3.63) is 0 Å². The van der Waals surface area contributed by atoms with E-state index in [0.29, 0.717) is 19.8 Å². The number of amides is 1. The number of nitrogens with zero attached hydrogens (tertiary/aromatic N) is 1. The summed E-state index contributed by atoms with van der Waals surface area (Å²) in [7, 11) is 1.68. The number of carbonyl (C=O) groups is 1. The van der Waals surface area contributed by atoms with E-state index in [2.05, 4.69) is 10.2 Å². The minimum Gasteiger partial charge on any atom is -0.358 e. The van der Waals surface area contributed by atoms with Gasteiger partial charge in [0.2, 0.25) is 5.91 Å². The Morgan fingerprint density at radius 3 is 2.59 bits per heavy atom. The molecule has 1 unspecified atom stereocenters. The molecule has 0 aromatic rings.